The number of para-hydroxylation sites is 1. The van der Waals surface area contributed by atoms with Crippen LogP contribution in [0.2, 0.25) is 0 Å². The van der Waals surface area contributed by atoms with Crippen molar-refractivity contribution in [2.24, 2.45) is 0 Å². The summed E-state index contributed by atoms with van der Waals surface area (Å²) in [6.45, 7) is 7.96. The Morgan fingerprint density at radius 1 is 0.895 bits per heavy atom. The molecule has 0 saturated carbocycles. The third kappa shape index (κ3) is 6.77. The molecule has 0 heterocycles. The van der Waals surface area contributed by atoms with Crippen LogP contribution in [0.3, 0.4) is 0 Å². The molecule has 0 fully saturated rings. The Morgan fingerprint density at radius 3 is 2.11 bits per heavy atom. The highest BCUT2D eigenvalue weighted by molar-refractivity contribution is 7.92. The lowest BCUT2D eigenvalue weighted by atomic mass is 10.1. The normalized spacial score (nSPS) is 12.2. The third-order valence-electron chi connectivity index (χ3n) is 6.17. The monoisotopic (exact) mass is 539 g/mol. The summed E-state index contributed by atoms with van der Waals surface area (Å²) in [6.07, 6.45) is 0. The van der Waals surface area contributed by atoms with Crippen LogP contribution in [0.5, 0.6) is 0 Å². The van der Waals surface area contributed by atoms with Crippen LogP contribution in [0, 0.1) is 19.7 Å². The molecule has 1 unspecified atom stereocenters. The maximum Gasteiger partial charge on any atom is 0.264 e. The molecule has 0 aliphatic carbocycles. The van der Waals surface area contributed by atoms with Crippen molar-refractivity contribution in [3.63, 3.8) is 0 Å². The van der Waals surface area contributed by atoms with Gasteiger partial charge in [0.25, 0.3) is 10.0 Å². The van der Waals surface area contributed by atoms with Gasteiger partial charge in [-0.3, -0.25) is 13.9 Å². The molecule has 1 N–H and O–H groups in total. The summed E-state index contributed by atoms with van der Waals surface area (Å²) in [5, 5.41) is 2.78. The van der Waals surface area contributed by atoms with E-state index in [-0.39, 0.29) is 23.0 Å². The Hall–Kier alpha value is -3.72. The minimum Gasteiger partial charge on any atom is -0.352 e. The summed E-state index contributed by atoms with van der Waals surface area (Å²) in [7, 11) is -4.16. The van der Waals surface area contributed by atoms with Gasteiger partial charge >= 0.3 is 0 Å². The quantitative estimate of drug-likeness (QED) is 0.409. The van der Waals surface area contributed by atoms with Gasteiger partial charge in [-0.15, -0.1) is 0 Å². The van der Waals surface area contributed by atoms with E-state index in [1.165, 1.54) is 35.2 Å². The average Bonchev–Trinajstić information content (AvgIpc) is 2.86. The van der Waals surface area contributed by atoms with E-state index in [9.17, 15) is 22.4 Å². The highest BCUT2D eigenvalue weighted by Crippen LogP contribution is 2.27. The first kappa shape index (κ1) is 28.8. The smallest absolute Gasteiger partial charge is 0.264 e. The molecule has 2 amide bonds. The minimum atomic E-state index is -4.16. The molecular weight excluding hydrogens is 505 g/mol. The van der Waals surface area contributed by atoms with Gasteiger partial charge in [0.2, 0.25) is 11.8 Å². The Kier molecular flexibility index (Phi) is 9.27. The third-order valence-corrected chi connectivity index (χ3v) is 7.94. The molecule has 3 aromatic rings. The number of carbonyl (C=O) groups excluding carboxylic acids is 2. The first-order chi connectivity index (χ1) is 17.9. The van der Waals surface area contributed by atoms with Gasteiger partial charge in [-0.2, -0.15) is 0 Å². The van der Waals surface area contributed by atoms with Crippen LogP contribution < -0.4 is 9.62 Å². The van der Waals surface area contributed by atoms with Crippen molar-refractivity contribution in [3.05, 3.63) is 95.3 Å². The molecule has 0 aliphatic rings. The van der Waals surface area contributed by atoms with Crippen LogP contribution in [0.4, 0.5) is 10.1 Å². The Morgan fingerprint density at radius 2 is 1.50 bits per heavy atom. The highest BCUT2D eigenvalue weighted by atomic mass is 32.2. The maximum atomic E-state index is 14.6. The van der Waals surface area contributed by atoms with Crippen molar-refractivity contribution >= 4 is 27.5 Å². The first-order valence-corrected chi connectivity index (χ1v) is 13.8. The number of aryl methyl sites for hydroxylation is 2. The van der Waals surface area contributed by atoms with E-state index in [2.05, 4.69) is 5.32 Å². The largest absolute Gasteiger partial charge is 0.352 e. The van der Waals surface area contributed by atoms with Gasteiger partial charge in [0.15, 0.2) is 0 Å². The molecule has 3 aromatic carbocycles. The lowest BCUT2D eigenvalue weighted by Crippen LogP contribution is -2.52. The van der Waals surface area contributed by atoms with Gasteiger partial charge in [-0.1, -0.05) is 54.1 Å². The molecule has 3 rings (SSSR count). The number of nitrogens with zero attached hydrogens (tertiary/aromatic N) is 2. The average molecular weight is 540 g/mol. The summed E-state index contributed by atoms with van der Waals surface area (Å²) in [6, 6.07) is 18.1. The number of sulfonamides is 1. The molecule has 1 atom stereocenters. The van der Waals surface area contributed by atoms with Crippen LogP contribution >= 0.6 is 0 Å². The van der Waals surface area contributed by atoms with Crippen LogP contribution in [0.1, 0.15) is 37.5 Å². The summed E-state index contributed by atoms with van der Waals surface area (Å²) in [5.41, 5.74) is 2.10. The lowest BCUT2D eigenvalue weighted by molar-refractivity contribution is -0.139. The summed E-state index contributed by atoms with van der Waals surface area (Å²) in [4.78, 5) is 28.0. The standard InChI is InChI=1S/C29H34FN3O4S/c1-20(2)31-29(35)23(5)32(18-24-11-7-8-12-26(24)30)28(34)19-33(27-13-9-6-10-22(27)4)38(36,37)25-16-14-21(3)15-17-25/h6-17,20,23H,18-19H2,1-5H3,(H,31,35). The second kappa shape index (κ2) is 12.2. The fraction of sp³-hybridized carbons (Fsp3) is 0.310. The fourth-order valence-corrected chi connectivity index (χ4v) is 5.47. The lowest BCUT2D eigenvalue weighted by Gasteiger charge is -2.32. The van der Waals surface area contributed by atoms with Gasteiger partial charge in [-0.25, -0.2) is 12.8 Å². The van der Waals surface area contributed by atoms with Gasteiger partial charge < -0.3 is 10.2 Å². The van der Waals surface area contributed by atoms with Gasteiger partial charge in [-0.05, 0) is 64.4 Å². The minimum absolute atomic E-state index is 0.0328. The molecule has 0 aromatic heterocycles. The molecule has 0 bridgehead atoms. The zero-order valence-electron chi connectivity index (χ0n) is 22.3. The van der Waals surface area contributed by atoms with Crippen molar-refractivity contribution in [2.45, 2.75) is 58.1 Å². The topological polar surface area (TPSA) is 86.8 Å². The number of hydrogen-bond donors (Lipinski definition) is 1. The van der Waals surface area contributed by atoms with E-state index in [1.54, 1.807) is 70.2 Å². The van der Waals surface area contributed by atoms with Crippen molar-refractivity contribution < 1.29 is 22.4 Å². The van der Waals surface area contributed by atoms with Crippen molar-refractivity contribution in [1.29, 1.82) is 0 Å². The van der Waals surface area contributed by atoms with Crippen LogP contribution in [-0.2, 0) is 26.2 Å². The number of hydrogen-bond acceptors (Lipinski definition) is 4. The Labute approximate surface area is 224 Å². The van der Waals surface area contributed by atoms with Crippen LogP contribution in [-0.4, -0.2) is 43.8 Å². The first-order valence-electron chi connectivity index (χ1n) is 12.4. The van der Waals surface area contributed by atoms with E-state index in [0.717, 1.165) is 9.87 Å². The number of benzene rings is 3. The predicted molar refractivity (Wildman–Crippen MR) is 147 cm³/mol. The van der Waals surface area contributed by atoms with Crippen molar-refractivity contribution in [3.8, 4) is 0 Å². The van der Waals surface area contributed by atoms with Gasteiger partial charge in [0.1, 0.15) is 18.4 Å². The second-order valence-corrected chi connectivity index (χ2v) is 11.4. The molecule has 9 heteroatoms. The zero-order chi connectivity index (χ0) is 28.0. The molecule has 7 nitrogen and oxygen atoms in total. The molecule has 38 heavy (non-hydrogen) atoms. The van der Waals surface area contributed by atoms with Crippen molar-refractivity contribution in [1.82, 2.24) is 10.2 Å². The summed E-state index contributed by atoms with van der Waals surface area (Å²) >= 11 is 0. The molecule has 0 spiro atoms. The number of anilines is 1. The summed E-state index contributed by atoms with van der Waals surface area (Å²) in [5.74, 6) is -1.59. The van der Waals surface area contributed by atoms with Crippen LogP contribution in [0.25, 0.3) is 0 Å². The molecule has 0 aliphatic heterocycles. The highest BCUT2D eigenvalue weighted by Gasteiger charge is 2.33. The number of halogens is 1. The SMILES string of the molecule is Cc1ccc(S(=O)(=O)N(CC(=O)N(Cc2ccccc2F)C(C)C(=O)NC(C)C)c2ccccc2C)cc1. The van der Waals surface area contributed by atoms with Crippen molar-refractivity contribution in [2.75, 3.05) is 10.8 Å². The van der Waals surface area contributed by atoms with Gasteiger partial charge in [0.05, 0.1) is 10.6 Å². The zero-order valence-corrected chi connectivity index (χ0v) is 23.1. The van der Waals surface area contributed by atoms with Gasteiger partial charge in [0, 0.05) is 18.2 Å². The predicted octanol–water partition coefficient (Wildman–Crippen LogP) is 4.58. The molecule has 0 radical (unpaired) electrons. The number of rotatable bonds is 10. The van der Waals surface area contributed by atoms with Crippen LogP contribution in [0.15, 0.2) is 77.7 Å². The molecule has 202 valence electrons. The number of carbonyl (C=O) groups is 2. The Bertz CT molecular complexity index is 1390. The van der Waals surface area contributed by atoms with E-state index in [0.29, 0.717) is 11.3 Å². The molecular formula is C29H34FN3O4S. The fourth-order valence-electron chi connectivity index (χ4n) is 3.99. The maximum absolute atomic E-state index is 14.6. The number of nitrogens with one attached hydrogen (secondary N) is 1. The van der Waals surface area contributed by atoms with E-state index in [4.69, 9.17) is 0 Å². The Balaban J connectivity index is 2.06. The van der Waals surface area contributed by atoms with E-state index >= 15 is 0 Å². The second-order valence-electron chi connectivity index (χ2n) is 9.56. The number of amides is 2. The summed E-state index contributed by atoms with van der Waals surface area (Å²) < 4.78 is 43.3. The molecule has 0 saturated heterocycles. The van der Waals surface area contributed by atoms with E-state index in [1.807, 2.05) is 6.92 Å². The van der Waals surface area contributed by atoms with E-state index < -0.39 is 40.2 Å².